The molecule has 1 rings (SSSR count). The Kier molecular flexibility index (Phi) is 3.25. The van der Waals surface area contributed by atoms with Gasteiger partial charge in [-0.25, -0.2) is 4.39 Å². The lowest BCUT2D eigenvalue weighted by Gasteiger charge is -2.23. The highest BCUT2D eigenvalue weighted by Crippen LogP contribution is 2.28. The molecule has 13 heavy (non-hydrogen) atoms. The summed E-state index contributed by atoms with van der Waals surface area (Å²) >= 11 is 9.97. The second-order valence-corrected chi connectivity index (χ2v) is 4.42. The van der Waals surface area contributed by atoms with Crippen LogP contribution in [0.1, 0.15) is 19.4 Å². The van der Waals surface area contributed by atoms with E-state index in [2.05, 4.69) is 12.6 Å². The van der Waals surface area contributed by atoms with Crippen molar-refractivity contribution in [1.82, 2.24) is 0 Å². The number of hydrogen-bond donors (Lipinski definition) is 1. The van der Waals surface area contributed by atoms with Crippen LogP contribution in [-0.4, -0.2) is 5.75 Å². The van der Waals surface area contributed by atoms with Crippen LogP contribution in [0.5, 0.6) is 0 Å². The van der Waals surface area contributed by atoms with Crippen LogP contribution in [0.3, 0.4) is 0 Å². The molecule has 0 spiro atoms. The van der Waals surface area contributed by atoms with Crippen molar-refractivity contribution in [2.45, 2.75) is 19.3 Å². The van der Waals surface area contributed by atoms with E-state index in [9.17, 15) is 4.39 Å². The molecule has 0 fully saturated rings. The second kappa shape index (κ2) is 3.89. The van der Waals surface area contributed by atoms with Gasteiger partial charge >= 0.3 is 0 Å². The molecular weight excluding hydrogens is 207 g/mol. The molecule has 0 aliphatic carbocycles. The summed E-state index contributed by atoms with van der Waals surface area (Å²) in [6, 6.07) is 4.60. The maximum Gasteiger partial charge on any atom is 0.127 e. The van der Waals surface area contributed by atoms with Gasteiger partial charge in [-0.3, -0.25) is 0 Å². The summed E-state index contributed by atoms with van der Waals surface area (Å²) in [5.41, 5.74) is 0.341. The maximum atomic E-state index is 13.4. The molecule has 0 amide bonds. The van der Waals surface area contributed by atoms with Gasteiger partial charge in [0.05, 0.1) is 0 Å². The monoisotopic (exact) mass is 218 g/mol. The predicted octanol–water partition coefficient (Wildman–Crippen LogP) is 3.69. The molecule has 0 unspecified atom stereocenters. The molecule has 0 saturated carbocycles. The number of benzene rings is 1. The standard InChI is InChI=1S/C10H12ClFS/c1-10(2,6-13)8-5-7(11)3-4-9(8)12/h3-5,13H,6H2,1-2H3. The van der Waals surface area contributed by atoms with Crippen molar-refractivity contribution < 1.29 is 4.39 Å². The molecule has 0 nitrogen and oxygen atoms in total. The van der Waals surface area contributed by atoms with Gasteiger partial charge in [-0.15, -0.1) is 0 Å². The fraction of sp³-hybridized carbons (Fsp3) is 0.400. The summed E-state index contributed by atoms with van der Waals surface area (Å²) in [7, 11) is 0. The lowest BCUT2D eigenvalue weighted by atomic mass is 9.86. The zero-order chi connectivity index (χ0) is 10.1. The zero-order valence-electron chi connectivity index (χ0n) is 7.64. The van der Waals surface area contributed by atoms with Crippen LogP contribution in [0.15, 0.2) is 18.2 Å². The van der Waals surface area contributed by atoms with Gasteiger partial charge in [0.1, 0.15) is 5.82 Å². The van der Waals surface area contributed by atoms with Crippen molar-refractivity contribution >= 4 is 24.2 Å². The second-order valence-electron chi connectivity index (χ2n) is 3.67. The predicted molar refractivity (Wildman–Crippen MR) is 58.3 cm³/mol. The topological polar surface area (TPSA) is 0 Å². The normalized spacial score (nSPS) is 11.8. The van der Waals surface area contributed by atoms with E-state index in [4.69, 9.17) is 11.6 Å². The number of hydrogen-bond acceptors (Lipinski definition) is 1. The van der Waals surface area contributed by atoms with Crippen molar-refractivity contribution in [2.75, 3.05) is 5.75 Å². The molecule has 0 aliphatic rings. The summed E-state index contributed by atoms with van der Waals surface area (Å²) in [4.78, 5) is 0. The first-order valence-corrected chi connectivity index (χ1v) is 5.05. The van der Waals surface area contributed by atoms with Crippen LogP contribution in [0, 0.1) is 5.82 Å². The highest BCUT2D eigenvalue weighted by molar-refractivity contribution is 7.80. The molecular formula is C10H12ClFS. The van der Waals surface area contributed by atoms with E-state index < -0.39 is 0 Å². The molecule has 0 heterocycles. The van der Waals surface area contributed by atoms with Gasteiger partial charge in [0.2, 0.25) is 0 Å². The van der Waals surface area contributed by atoms with E-state index in [1.165, 1.54) is 6.07 Å². The van der Waals surface area contributed by atoms with Gasteiger partial charge < -0.3 is 0 Å². The number of thiol groups is 1. The van der Waals surface area contributed by atoms with Gasteiger partial charge in [0.25, 0.3) is 0 Å². The fourth-order valence-corrected chi connectivity index (χ4v) is 1.44. The fourth-order valence-electron chi connectivity index (χ4n) is 1.10. The van der Waals surface area contributed by atoms with E-state index in [1.54, 1.807) is 12.1 Å². The first-order chi connectivity index (χ1) is 5.97. The maximum absolute atomic E-state index is 13.4. The van der Waals surface area contributed by atoms with Crippen LogP contribution in [0.25, 0.3) is 0 Å². The highest BCUT2D eigenvalue weighted by atomic mass is 35.5. The Bertz CT molecular complexity index is 310. The first kappa shape index (κ1) is 10.9. The Labute approximate surface area is 88.5 Å². The molecule has 0 saturated heterocycles. The van der Waals surface area contributed by atoms with E-state index in [1.807, 2.05) is 13.8 Å². The van der Waals surface area contributed by atoms with Gasteiger partial charge in [-0.05, 0) is 29.5 Å². The minimum absolute atomic E-state index is 0.219. The average molecular weight is 219 g/mol. The third-order valence-electron chi connectivity index (χ3n) is 2.05. The molecule has 0 bridgehead atoms. The summed E-state index contributed by atoms with van der Waals surface area (Å²) in [5, 5.41) is 0.561. The summed E-state index contributed by atoms with van der Waals surface area (Å²) < 4.78 is 13.4. The first-order valence-electron chi connectivity index (χ1n) is 4.04. The Morgan fingerprint density at radius 1 is 1.46 bits per heavy atom. The van der Waals surface area contributed by atoms with E-state index >= 15 is 0 Å². The van der Waals surface area contributed by atoms with E-state index in [0.29, 0.717) is 16.3 Å². The SMILES string of the molecule is CC(C)(CS)c1cc(Cl)ccc1F. The third kappa shape index (κ3) is 2.38. The molecule has 0 atom stereocenters. The van der Waals surface area contributed by atoms with Crippen LogP contribution in [-0.2, 0) is 5.41 Å². The van der Waals surface area contributed by atoms with Crippen molar-refractivity contribution in [3.63, 3.8) is 0 Å². The van der Waals surface area contributed by atoms with Gasteiger partial charge in [-0.2, -0.15) is 12.6 Å². The Morgan fingerprint density at radius 2 is 2.08 bits per heavy atom. The van der Waals surface area contributed by atoms with Crippen molar-refractivity contribution in [2.24, 2.45) is 0 Å². The average Bonchev–Trinajstić information content (AvgIpc) is 2.09. The number of rotatable bonds is 2. The summed E-state index contributed by atoms with van der Waals surface area (Å²) in [5.74, 6) is 0.369. The Morgan fingerprint density at radius 3 is 2.62 bits per heavy atom. The Hall–Kier alpha value is -0.210. The van der Waals surface area contributed by atoms with Gasteiger partial charge in [0.15, 0.2) is 0 Å². The largest absolute Gasteiger partial charge is 0.207 e. The highest BCUT2D eigenvalue weighted by Gasteiger charge is 2.22. The summed E-state index contributed by atoms with van der Waals surface area (Å²) in [6.07, 6.45) is 0. The lowest BCUT2D eigenvalue weighted by Crippen LogP contribution is -2.20. The van der Waals surface area contributed by atoms with Crippen LogP contribution >= 0.6 is 24.2 Å². The van der Waals surface area contributed by atoms with Gasteiger partial charge in [-0.1, -0.05) is 25.4 Å². The Balaban J connectivity index is 3.20. The van der Waals surface area contributed by atoms with Crippen molar-refractivity contribution in [3.05, 3.63) is 34.6 Å². The molecule has 0 N–H and O–H groups in total. The zero-order valence-corrected chi connectivity index (χ0v) is 9.29. The van der Waals surface area contributed by atoms with Crippen molar-refractivity contribution in [1.29, 1.82) is 0 Å². The molecule has 1 aromatic carbocycles. The van der Waals surface area contributed by atoms with E-state index in [0.717, 1.165) is 0 Å². The summed E-state index contributed by atoms with van der Waals surface area (Å²) in [6.45, 7) is 3.88. The minimum atomic E-state index is -0.280. The van der Waals surface area contributed by atoms with Crippen LogP contribution in [0.2, 0.25) is 5.02 Å². The molecule has 0 aromatic heterocycles. The van der Waals surface area contributed by atoms with Gasteiger partial charge in [0, 0.05) is 10.4 Å². The third-order valence-corrected chi connectivity index (χ3v) is 3.08. The van der Waals surface area contributed by atoms with Crippen LogP contribution < -0.4 is 0 Å². The van der Waals surface area contributed by atoms with Crippen LogP contribution in [0.4, 0.5) is 4.39 Å². The lowest BCUT2D eigenvalue weighted by molar-refractivity contribution is 0.530. The molecule has 0 aliphatic heterocycles. The minimum Gasteiger partial charge on any atom is -0.207 e. The molecule has 3 heteroatoms. The molecule has 1 aromatic rings. The number of halogens is 2. The quantitative estimate of drug-likeness (QED) is 0.720. The van der Waals surface area contributed by atoms with E-state index in [-0.39, 0.29) is 11.2 Å². The molecule has 72 valence electrons. The van der Waals surface area contributed by atoms with Crippen molar-refractivity contribution in [3.8, 4) is 0 Å². The smallest absolute Gasteiger partial charge is 0.127 e. The molecule has 0 radical (unpaired) electrons.